The van der Waals surface area contributed by atoms with Crippen molar-refractivity contribution in [1.82, 2.24) is 0 Å². The van der Waals surface area contributed by atoms with E-state index in [0.717, 1.165) is 22.4 Å². The first-order valence-corrected chi connectivity index (χ1v) is 5.48. The number of aliphatic hydroxyl groups excluding tert-OH is 1. The SMILES string of the molecule is OC(CC1CC1)c1ccc(Br)cc1. The van der Waals surface area contributed by atoms with E-state index in [2.05, 4.69) is 15.9 Å². The van der Waals surface area contributed by atoms with E-state index in [1.165, 1.54) is 12.8 Å². The summed E-state index contributed by atoms with van der Waals surface area (Å²) in [5, 5.41) is 9.81. The van der Waals surface area contributed by atoms with E-state index < -0.39 is 0 Å². The van der Waals surface area contributed by atoms with Gasteiger partial charge in [-0.05, 0) is 30.0 Å². The fourth-order valence-corrected chi connectivity index (χ4v) is 1.75. The first kappa shape index (κ1) is 9.22. The topological polar surface area (TPSA) is 20.2 Å². The number of halogens is 1. The summed E-state index contributed by atoms with van der Waals surface area (Å²) in [5.74, 6) is 0.777. The number of hydrogen-bond donors (Lipinski definition) is 1. The van der Waals surface area contributed by atoms with E-state index in [0.29, 0.717) is 0 Å². The second-order valence-electron chi connectivity index (χ2n) is 3.75. The Balaban J connectivity index is 2.01. The van der Waals surface area contributed by atoms with Gasteiger partial charge in [0.2, 0.25) is 0 Å². The molecule has 70 valence electrons. The van der Waals surface area contributed by atoms with Crippen molar-refractivity contribution in [1.29, 1.82) is 0 Å². The number of hydrogen-bond acceptors (Lipinski definition) is 1. The summed E-state index contributed by atoms with van der Waals surface area (Å²) in [6.07, 6.45) is 3.27. The minimum Gasteiger partial charge on any atom is -0.388 e. The monoisotopic (exact) mass is 240 g/mol. The van der Waals surface area contributed by atoms with Gasteiger partial charge in [0.25, 0.3) is 0 Å². The molecule has 1 aliphatic rings. The molecule has 2 heteroatoms. The fraction of sp³-hybridized carbons (Fsp3) is 0.455. The molecular weight excluding hydrogens is 228 g/mol. The van der Waals surface area contributed by atoms with Crippen LogP contribution in [0.4, 0.5) is 0 Å². The number of benzene rings is 1. The molecular formula is C11H13BrO. The molecule has 1 nitrogen and oxygen atoms in total. The highest BCUT2D eigenvalue weighted by Crippen LogP contribution is 2.37. The van der Waals surface area contributed by atoms with Crippen LogP contribution >= 0.6 is 15.9 Å². The van der Waals surface area contributed by atoms with E-state index >= 15 is 0 Å². The Hall–Kier alpha value is -0.340. The van der Waals surface area contributed by atoms with Gasteiger partial charge < -0.3 is 5.11 Å². The number of rotatable bonds is 3. The molecule has 0 aromatic heterocycles. The van der Waals surface area contributed by atoms with Gasteiger partial charge in [0.15, 0.2) is 0 Å². The Labute approximate surface area is 86.9 Å². The van der Waals surface area contributed by atoms with Crippen molar-refractivity contribution in [3.05, 3.63) is 34.3 Å². The molecule has 1 N–H and O–H groups in total. The van der Waals surface area contributed by atoms with E-state index in [1.807, 2.05) is 24.3 Å². The molecule has 0 radical (unpaired) electrons. The van der Waals surface area contributed by atoms with Gasteiger partial charge in [-0.15, -0.1) is 0 Å². The summed E-state index contributed by atoms with van der Waals surface area (Å²) in [6.45, 7) is 0. The predicted octanol–water partition coefficient (Wildman–Crippen LogP) is 3.28. The maximum absolute atomic E-state index is 9.81. The van der Waals surface area contributed by atoms with Gasteiger partial charge in [-0.2, -0.15) is 0 Å². The fourth-order valence-electron chi connectivity index (χ4n) is 1.49. The third-order valence-electron chi connectivity index (χ3n) is 2.51. The molecule has 0 aliphatic heterocycles. The van der Waals surface area contributed by atoms with Crippen LogP contribution in [0.1, 0.15) is 30.9 Å². The van der Waals surface area contributed by atoms with Gasteiger partial charge in [-0.3, -0.25) is 0 Å². The maximum Gasteiger partial charge on any atom is 0.0792 e. The van der Waals surface area contributed by atoms with Crippen molar-refractivity contribution in [2.45, 2.75) is 25.4 Å². The third kappa shape index (κ3) is 2.55. The lowest BCUT2D eigenvalue weighted by molar-refractivity contribution is 0.160. The summed E-state index contributed by atoms with van der Waals surface area (Å²) >= 11 is 3.38. The zero-order valence-electron chi connectivity index (χ0n) is 7.41. The molecule has 2 rings (SSSR count). The first-order valence-electron chi connectivity index (χ1n) is 4.69. The minimum atomic E-state index is -0.263. The van der Waals surface area contributed by atoms with Crippen LogP contribution in [0.3, 0.4) is 0 Å². The molecule has 1 aliphatic carbocycles. The Morgan fingerprint density at radius 2 is 1.92 bits per heavy atom. The second kappa shape index (κ2) is 3.81. The van der Waals surface area contributed by atoms with E-state index in [1.54, 1.807) is 0 Å². The molecule has 13 heavy (non-hydrogen) atoms. The Bertz CT molecular complexity index is 277. The Kier molecular flexibility index (Phi) is 2.70. The second-order valence-corrected chi connectivity index (χ2v) is 4.66. The smallest absolute Gasteiger partial charge is 0.0792 e. The molecule has 0 saturated heterocycles. The first-order chi connectivity index (χ1) is 6.25. The van der Waals surface area contributed by atoms with Crippen LogP contribution in [0, 0.1) is 5.92 Å². The molecule has 0 heterocycles. The van der Waals surface area contributed by atoms with Crippen molar-refractivity contribution >= 4 is 15.9 Å². The van der Waals surface area contributed by atoms with Crippen LogP contribution in [0.15, 0.2) is 28.7 Å². The van der Waals surface area contributed by atoms with Crippen LogP contribution < -0.4 is 0 Å². The van der Waals surface area contributed by atoms with Gasteiger partial charge >= 0.3 is 0 Å². The molecule has 0 amide bonds. The molecule has 1 aromatic rings. The Morgan fingerprint density at radius 3 is 2.46 bits per heavy atom. The van der Waals surface area contributed by atoms with Gasteiger partial charge in [0.1, 0.15) is 0 Å². The highest BCUT2D eigenvalue weighted by Gasteiger charge is 2.24. The highest BCUT2D eigenvalue weighted by molar-refractivity contribution is 9.10. The van der Waals surface area contributed by atoms with Crippen LogP contribution in [0.25, 0.3) is 0 Å². The standard InChI is InChI=1S/C11H13BrO/c12-10-5-3-9(4-6-10)11(13)7-8-1-2-8/h3-6,8,11,13H,1-2,7H2. The van der Waals surface area contributed by atoms with Crippen molar-refractivity contribution in [3.8, 4) is 0 Å². The van der Waals surface area contributed by atoms with Crippen molar-refractivity contribution in [2.75, 3.05) is 0 Å². The summed E-state index contributed by atoms with van der Waals surface area (Å²) in [4.78, 5) is 0. The van der Waals surface area contributed by atoms with Crippen molar-refractivity contribution in [3.63, 3.8) is 0 Å². The summed E-state index contributed by atoms with van der Waals surface area (Å²) in [5.41, 5.74) is 1.04. The van der Waals surface area contributed by atoms with Crippen LogP contribution in [0.2, 0.25) is 0 Å². The molecule has 1 unspecified atom stereocenters. The summed E-state index contributed by atoms with van der Waals surface area (Å²) in [7, 11) is 0. The normalized spacial score (nSPS) is 18.6. The molecule has 0 bridgehead atoms. The zero-order valence-corrected chi connectivity index (χ0v) is 9.00. The van der Waals surface area contributed by atoms with Gasteiger partial charge in [0, 0.05) is 4.47 Å². The summed E-state index contributed by atoms with van der Waals surface area (Å²) in [6, 6.07) is 7.92. The molecule has 1 atom stereocenters. The van der Waals surface area contributed by atoms with Crippen molar-refractivity contribution in [2.24, 2.45) is 5.92 Å². The van der Waals surface area contributed by atoms with Gasteiger partial charge in [-0.25, -0.2) is 0 Å². The lowest BCUT2D eigenvalue weighted by Gasteiger charge is -2.09. The largest absolute Gasteiger partial charge is 0.388 e. The van der Waals surface area contributed by atoms with Crippen LogP contribution in [-0.4, -0.2) is 5.11 Å². The average Bonchev–Trinajstić information content (AvgIpc) is 2.89. The predicted molar refractivity (Wildman–Crippen MR) is 56.4 cm³/mol. The average molecular weight is 241 g/mol. The quantitative estimate of drug-likeness (QED) is 0.860. The zero-order chi connectivity index (χ0) is 9.26. The van der Waals surface area contributed by atoms with Gasteiger partial charge in [-0.1, -0.05) is 40.9 Å². The lowest BCUT2D eigenvalue weighted by atomic mass is 10.0. The Morgan fingerprint density at radius 1 is 1.31 bits per heavy atom. The number of aliphatic hydroxyl groups is 1. The van der Waals surface area contributed by atoms with Gasteiger partial charge in [0.05, 0.1) is 6.10 Å². The summed E-state index contributed by atoms with van der Waals surface area (Å²) < 4.78 is 1.06. The highest BCUT2D eigenvalue weighted by atomic mass is 79.9. The molecule has 1 saturated carbocycles. The van der Waals surface area contributed by atoms with Crippen LogP contribution in [-0.2, 0) is 0 Å². The van der Waals surface area contributed by atoms with E-state index in [-0.39, 0.29) is 6.10 Å². The minimum absolute atomic E-state index is 0.263. The third-order valence-corrected chi connectivity index (χ3v) is 3.04. The molecule has 0 spiro atoms. The molecule has 1 fully saturated rings. The van der Waals surface area contributed by atoms with E-state index in [9.17, 15) is 5.11 Å². The lowest BCUT2D eigenvalue weighted by Crippen LogP contribution is -1.97. The molecule has 1 aromatic carbocycles. The van der Waals surface area contributed by atoms with Crippen LogP contribution in [0.5, 0.6) is 0 Å². The van der Waals surface area contributed by atoms with E-state index in [4.69, 9.17) is 0 Å². The maximum atomic E-state index is 9.81. The van der Waals surface area contributed by atoms with Crippen molar-refractivity contribution < 1.29 is 5.11 Å².